The molecule has 2 aliphatic rings. The minimum absolute atomic E-state index is 0.240. The van der Waals surface area contributed by atoms with Gasteiger partial charge in [0.25, 0.3) is 0 Å². The summed E-state index contributed by atoms with van der Waals surface area (Å²) < 4.78 is 12.2. The van der Waals surface area contributed by atoms with E-state index in [0.717, 1.165) is 29.4 Å². The number of hydrogen-bond acceptors (Lipinski definition) is 3. The highest BCUT2D eigenvalue weighted by atomic mass is 16.7. The van der Waals surface area contributed by atoms with E-state index in [-0.39, 0.29) is 24.1 Å². The number of benzene rings is 1. The second-order valence-electron chi connectivity index (χ2n) is 6.74. The van der Waals surface area contributed by atoms with Crippen LogP contribution in [0.25, 0.3) is 0 Å². The van der Waals surface area contributed by atoms with Crippen LogP contribution in [0.4, 0.5) is 0 Å². The summed E-state index contributed by atoms with van der Waals surface area (Å²) in [6, 6.07) is 5.88. The number of Topliss-reactive ketones (excluding diaryl/α,β-unsaturated/α-hetero) is 1. The maximum absolute atomic E-state index is 12.0. The second kappa shape index (κ2) is 4.44. The van der Waals surface area contributed by atoms with Crippen LogP contribution in [0.15, 0.2) is 18.2 Å². The normalized spacial score (nSPS) is 23.8. The fraction of sp³-hybridized carbons (Fsp3) is 0.562. The predicted molar refractivity (Wildman–Crippen MR) is 79.4 cm³/mol. The SMILES string of the molecule is CC1(C)OB(c2cccc3c2CCCC3=O)OC1(C)C. The van der Waals surface area contributed by atoms with Crippen LogP contribution >= 0.6 is 0 Å². The number of ketones is 1. The first-order valence-electron chi connectivity index (χ1n) is 7.32. The topological polar surface area (TPSA) is 35.5 Å². The summed E-state index contributed by atoms with van der Waals surface area (Å²) in [5, 5.41) is 0. The number of carbonyl (C=O) groups excluding carboxylic acids is 1. The minimum Gasteiger partial charge on any atom is -0.399 e. The van der Waals surface area contributed by atoms with Crippen LogP contribution in [-0.2, 0) is 15.7 Å². The van der Waals surface area contributed by atoms with E-state index in [9.17, 15) is 4.79 Å². The molecule has 0 radical (unpaired) electrons. The van der Waals surface area contributed by atoms with E-state index in [2.05, 4.69) is 0 Å². The molecule has 0 atom stereocenters. The smallest absolute Gasteiger partial charge is 0.399 e. The number of hydrogen-bond donors (Lipinski definition) is 0. The Hall–Kier alpha value is -1.13. The Morgan fingerprint density at radius 1 is 1.05 bits per heavy atom. The molecule has 1 fully saturated rings. The Balaban J connectivity index is 2.01. The van der Waals surface area contributed by atoms with E-state index < -0.39 is 0 Å². The number of rotatable bonds is 1. The van der Waals surface area contributed by atoms with Crippen LogP contribution in [-0.4, -0.2) is 24.1 Å². The Bertz CT molecular complexity index is 547. The molecule has 1 saturated heterocycles. The van der Waals surface area contributed by atoms with Gasteiger partial charge >= 0.3 is 7.12 Å². The molecule has 1 aromatic rings. The molecule has 4 heteroatoms. The fourth-order valence-electron chi connectivity index (χ4n) is 2.90. The largest absolute Gasteiger partial charge is 0.495 e. The summed E-state index contributed by atoms with van der Waals surface area (Å²) in [6.45, 7) is 8.20. The van der Waals surface area contributed by atoms with E-state index in [0.29, 0.717) is 6.42 Å². The summed E-state index contributed by atoms with van der Waals surface area (Å²) in [6.07, 6.45) is 2.50. The van der Waals surface area contributed by atoms with Crippen LogP contribution in [0.5, 0.6) is 0 Å². The zero-order valence-electron chi connectivity index (χ0n) is 12.7. The lowest BCUT2D eigenvalue weighted by molar-refractivity contribution is 0.00578. The van der Waals surface area contributed by atoms with E-state index in [4.69, 9.17) is 9.31 Å². The van der Waals surface area contributed by atoms with Gasteiger partial charge in [0.05, 0.1) is 11.2 Å². The molecule has 0 bridgehead atoms. The molecule has 3 rings (SSSR count). The highest BCUT2D eigenvalue weighted by Gasteiger charge is 2.52. The van der Waals surface area contributed by atoms with E-state index in [1.54, 1.807) is 0 Å². The standard InChI is InChI=1S/C16H21BO3/c1-15(2)16(3,4)20-17(19-15)13-9-5-8-12-11(13)7-6-10-14(12)18/h5,8-9H,6-7,10H2,1-4H3. The molecule has 1 heterocycles. The van der Waals surface area contributed by atoms with Crippen LogP contribution < -0.4 is 5.46 Å². The molecule has 20 heavy (non-hydrogen) atoms. The summed E-state index contributed by atoms with van der Waals surface area (Å²) in [5.74, 6) is 0.240. The van der Waals surface area contributed by atoms with Crippen molar-refractivity contribution in [2.24, 2.45) is 0 Å². The maximum Gasteiger partial charge on any atom is 0.495 e. The van der Waals surface area contributed by atoms with Crippen LogP contribution in [0.2, 0.25) is 0 Å². The van der Waals surface area contributed by atoms with E-state index >= 15 is 0 Å². The first-order valence-corrected chi connectivity index (χ1v) is 7.32. The van der Waals surface area contributed by atoms with Crippen molar-refractivity contribution < 1.29 is 14.1 Å². The third-order valence-electron chi connectivity index (χ3n) is 4.85. The van der Waals surface area contributed by atoms with Crippen molar-refractivity contribution in [3.8, 4) is 0 Å². The molecular weight excluding hydrogens is 251 g/mol. The van der Waals surface area contributed by atoms with Crippen molar-refractivity contribution in [1.82, 2.24) is 0 Å². The Labute approximate surface area is 120 Å². The van der Waals surface area contributed by atoms with Gasteiger partial charge in [-0.05, 0) is 51.6 Å². The zero-order valence-corrected chi connectivity index (χ0v) is 12.7. The van der Waals surface area contributed by atoms with Gasteiger partial charge in [0, 0.05) is 12.0 Å². The highest BCUT2D eigenvalue weighted by molar-refractivity contribution is 6.62. The molecule has 0 saturated carbocycles. The Morgan fingerprint density at radius 3 is 2.35 bits per heavy atom. The van der Waals surface area contributed by atoms with Gasteiger partial charge in [0.15, 0.2) is 5.78 Å². The summed E-state index contributed by atoms with van der Waals surface area (Å²) in [4.78, 5) is 12.0. The van der Waals surface area contributed by atoms with Crippen molar-refractivity contribution in [2.45, 2.75) is 58.2 Å². The average molecular weight is 272 g/mol. The monoisotopic (exact) mass is 272 g/mol. The minimum atomic E-state index is -0.374. The highest BCUT2D eigenvalue weighted by Crippen LogP contribution is 2.37. The summed E-state index contributed by atoms with van der Waals surface area (Å²) in [7, 11) is -0.374. The third kappa shape index (κ3) is 2.02. The Kier molecular flexibility index (Phi) is 3.07. The van der Waals surface area contributed by atoms with Gasteiger partial charge in [0.1, 0.15) is 0 Å². The first kappa shape index (κ1) is 13.8. The van der Waals surface area contributed by atoms with Crippen LogP contribution in [0.1, 0.15) is 56.5 Å². The van der Waals surface area contributed by atoms with Crippen LogP contribution in [0.3, 0.4) is 0 Å². The van der Waals surface area contributed by atoms with E-state index in [1.165, 1.54) is 0 Å². The number of fused-ring (bicyclic) bond motifs is 1. The summed E-state index contributed by atoms with van der Waals surface area (Å²) in [5.41, 5.74) is 2.29. The molecule has 0 spiro atoms. The van der Waals surface area contributed by atoms with Gasteiger partial charge in [-0.3, -0.25) is 4.79 Å². The Morgan fingerprint density at radius 2 is 1.70 bits per heavy atom. The lowest BCUT2D eigenvalue weighted by atomic mass is 9.71. The molecule has 106 valence electrons. The summed E-state index contributed by atoms with van der Waals surface area (Å²) >= 11 is 0. The van der Waals surface area contributed by atoms with Crippen molar-refractivity contribution >= 4 is 18.4 Å². The molecule has 0 unspecified atom stereocenters. The van der Waals surface area contributed by atoms with E-state index in [1.807, 2.05) is 45.9 Å². The molecule has 3 nitrogen and oxygen atoms in total. The average Bonchev–Trinajstić information content (AvgIpc) is 2.58. The molecule has 0 aromatic heterocycles. The van der Waals surface area contributed by atoms with Crippen molar-refractivity contribution in [1.29, 1.82) is 0 Å². The molecule has 0 N–H and O–H groups in total. The van der Waals surface area contributed by atoms with Gasteiger partial charge in [-0.2, -0.15) is 0 Å². The third-order valence-corrected chi connectivity index (χ3v) is 4.85. The van der Waals surface area contributed by atoms with Gasteiger partial charge in [-0.25, -0.2) is 0 Å². The molecule has 0 amide bonds. The molecular formula is C16H21BO3. The quantitative estimate of drug-likeness (QED) is 0.737. The predicted octanol–water partition coefficient (Wildman–Crippen LogP) is 2.50. The van der Waals surface area contributed by atoms with Gasteiger partial charge in [-0.15, -0.1) is 0 Å². The fourth-order valence-corrected chi connectivity index (χ4v) is 2.90. The lowest BCUT2D eigenvalue weighted by Gasteiger charge is -2.32. The lowest BCUT2D eigenvalue weighted by Crippen LogP contribution is -2.41. The maximum atomic E-state index is 12.0. The zero-order chi connectivity index (χ0) is 14.5. The molecule has 1 aliphatic carbocycles. The number of carbonyl (C=O) groups is 1. The second-order valence-corrected chi connectivity index (χ2v) is 6.74. The molecule has 1 aromatic carbocycles. The van der Waals surface area contributed by atoms with Crippen molar-refractivity contribution in [3.05, 3.63) is 29.3 Å². The van der Waals surface area contributed by atoms with Gasteiger partial charge in [-0.1, -0.05) is 18.2 Å². The van der Waals surface area contributed by atoms with Crippen LogP contribution in [0, 0.1) is 0 Å². The van der Waals surface area contributed by atoms with Crippen molar-refractivity contribution in [2.75, 3.05) is 0 Å². The van der Waals surface area contributed by atoms with Gasteiger partial charge < -0.3 is 9.31 Å². The first-order chi connectivity index (χ1) is 9.32. The molecule has 1 aliphatic heterocycles. The van der Waals surface area contributed by atoms with Gasteiger partial charge in [0.2, 0.25) is 0 Å². The van der Waals surface area contributed by atoms with Crippen molar-refractivity contribution in [3.63, 3.8) is 0 Å².